The second kappa shape index (κ2) is 3.31. The van der Waals surface area contributed by atoms with Crippen molar-refractivity contribution >= 4 is 25.4 Å². The number of hydrogen-bond donors (Lipinski definition) is 0. The van der Waals surface area contributed by atoms with Gasteiger partial charge < -0.3 is 0 Å². The van der Waals surface area contributed by atoms with Crippen molar-refractivity contribution in [1.29, 1.82) is 0 Å². The van der Waals surface area contributed by atoms with Gasteiger partial charge in [-0.3, -0.25) is 10.1 Å². The van der Waals surface area contributed by atoms with Crippen molar-refractivity contribution in [3.8, 4) is 0 Å². The maximum Gasteiger partial charge on any atom is 0.269 e. The van der Waals surface area contributed by atoms with E-state index in [1.807, 2.05) is 0 Å². The lowest BCUT2D eigenvalue weighted by Gasteiger charge is -1.94. The number of non-ortho nitro benzene ring substituents is 1. The highest BCUT2D eigenvalue weighted by Crippen LogP contribution is 2.18. The summed E-state index contributed by atoms with van der Waals surface area (Å²) in [6.45, 7) is 0. The molecular formula is C6H4ClNO4S. The monoisotopic (exact) mass is 227 g/mol. The maximum atomic E-state index is 10.7. The van der Waals surface area contributed by atoms with Gasteiger partial charge in [-0.25, -0.2) is 8.42 Å². The summed E-state index contributed by atoms with van der Waals surface area (Å²) in [7, 11) is 1.20. The molecule has 0 unspecified atom stereocenters. The number of rotatable bonds is 2. The van der Waals surface area contributed by atoms with Gasteiger partial charge in [0.2, 0.25) is 0 Å². The summed E-state index contributed by atoms with van der Waals surface area (Å²) in [5, 5.41) is 10.2. The molecule has 0 radical (unpaired) electrons. The first-order valence-corrected chi connectivity index (χ1v) is 5.41. The third kappa shape index (κ3) is 2.40. The van der Waals surface area contributed by atoms with Crippen molar-refractivity contribution in [2.75, 3.05) is 0 Å². The number of nitrogens with zero attached hydrogens (tertiary/aromatic N) is 1. The van der Waals surface area contributed by atoms with Gasteiger partial charge in [-0.2, -0.15) is 0 Å². The van der Waals surface area contributed by atoms with Gasteiger partial charge in [-0.1, -0.05) is 0 Å². The third-order valence-electron chi connectivity index (χ3n) is 1.33. The highest BCUT2D eigenvalue weighted by atomic mass is 35.7. The van der Waals surface area contributed by atoms with Crippen molar-refractivity contribution in [3.05, 3.63) is 34.4 Å². The van der Waals surface area contributed by atoms with Crippen LogP contribution in [0.2, 0.25) is 0 Å². The molecular weight excluding hydrogens is 224 g/mol. The SMILES string of the molecule is O=[N+]([O-])[13c]1[13cH][13cH][13c](S(=O)(=O)Cl)[13cH][13cH]1. The molecule has 0 heterocycles. The number of benzene rings is 1. The van der Waals surface area contributed by atoms with Crippen LogP contribution in [0, 0.1) is 10.1 Å². The van der Waals surface area contributed by atoms with Crippen molar-refractivity contribution in [2.45, 2.75) is 4.90 Å². The predicted molar refractivity (Wildman–Crippen MR) is 46.1 cm³/mol. The van der Waals surface area contributed by atoms with Crippen LogP contribution in [0.15, 0.2) is 29.2 Å². The smallest absolute Gasteiger partial charge is 0.258 e. The van der Waals surface area contributed by atoms with E-state index in [2.05, 4.69) is 0 Å². The maximum absolute atomic E-state index is 10.7. The van der Waals surface area contributed by atoms with Crippen LogP contribution in [0.4, 0.5) is 5.69 Å². The highest BCUT2D eigenvalue weighted by Gasteiger charge is 2.11. The summed E-state index contributed by atoms with van der Waals surface area (Å²) >= 11 is 0. The Kier molecular flexibility index (Phi) is 2.53. The van der Waals surface area contributed by atoms with Gasteiger partial charge in [0.25, 0.3) is 14.7 Å². The molecule has 0 aliphatic heterocycles. The molecule has 0 aromatic heterocycles. The first-order chi connectivity index (χ1) is 5.91. The van der Waals surface area contributed by atoms with E-state index in [1.165, 1.54) is 0 Å². The molecule has 1 aromatic carbocycles. The van der Waals surface area contributed by atoms with Crippen LogP contribution < -0.4 is 0 Å². The number of halogens is 1. The fraction of sp³-hybridized carbons (Fsp3) is 0. The summed E-state index contributed by atoms with van der Waals surface area (Å²) in [5.74, 6) is 0. The van der Waals surface area contributed by atoms with Gasteiger partial charge in [-0.05, 0) is 12.1 Å². The van der Waals surface area contributed by atoms with E-state index in [0.29, 0.717) is 0 Å². The number of nitro groups is 1. The summed E-state index contributed by atoms with van der Waals surface area (Å²) in [6, 6.07) is 4.32. The molecule has 0 atom stereocenters. The van der Waals surface area contributed by atoms with E-state index in [9.17, 15) is 18.5 Å². The third-order valence-corrected chi connectivity index (χ3v) is 2.70. The van der Waals surface area contributed by atoms with Gasteiger partial charge in [0.1, 0.15) is 0 Å². The van der Waals surface area contributed by atoms with Crippen molar-refractivity contribution in [1.82, 2.24) is 0 Å². The van der Waals surface area contributed by atoms with Crippen LogP contribution in [0.25, 0.3) is 0 Å². The lowest BCUT2D eigenvalue weighted by atomic mass is 11.3. The van der Waals surface area contributed by atoms with Crippen molar-refractivity contribution in [3.63, 3.8) is 0 Å². The van der Waals surface area contributed by atoms with E-state index in [-0.39, 0.29) is 10.6 Å². The van der Waals surface area contributed by atoms with Gasteiger partial charge in [-0.15, -0.1) is 0 Å². The highest BCUT2D eigenvalue weighted by molar-refractivity contribution is 8.13. The summed E-state index contributed by atoms with van der Waals surface area (Å²) in [4.78, 5) is 9.41. The second-order valence-corrected chi connectivity index (χ2v) is 4.75. The Bertz CT molecular complexity index is 424. The molecule has 0 aliphatic carbocycles. The summed E-state index contributed by atoms with van der Waals surface area (Å²) in [6.07, 6.45) is 0. The fourth-order valence-electron chi connectivity index (χ4n) is 0.730. The van der Waals surface area contributed by atoms with Crippen LogP contribution in [-0.4, -0.2) is 13.3 Å². The number of nitro benzene ring substituents is 1. The average Bonchev–Trinajstić information content (AvgIpc) is 2.03. The van der Waals surface area contributed by atoms with Crippen LogP contribution in [0.5, 0.6) is 0 Å². The van der Waals surface area contributed by atoms with Crippen LogP contribution >= 0.6 is 10.7 Å². The predicted octanol–water partition coefficient (Wildman–Crippen LogP) is 1.52. The molecule has 70 valence electrons. The van der Waals surface area contributed by atoms with Gasteiger partial charge in [0.05, 0.1) is 9.82 Å². The van der Waals surface area contributed by atoms with Crippen LogP contribution in [0.1, 0.15) is 0 Å². The Labute approximate surface area is 78.5 Å². The molecule has 13 heavy (non-hydrogen) atoms. The zero-order chi connectivity index (χ0) is 10.1. The molecule has 0 amide bonds. The first-order valence-electron chi connectivity index (χ1n) is 3.10. The molecule has 0 saturated carbocycles. The Hall–Kier alpha value is -1.14. The van der Waals surface area contributed by atoms with E-state index in [1.54, 1.807) is 0 Å². The van der Waals surface area contributed by atoms with E-state index in [4.69, 9.17) is 10.7 Å². The Balaban J connectivity index is 3.16. The fourth-order valence-corrected chi connectivity index (χ4v) is 1.50. The van der Waals surface area contributed by atoms with Crippen molar-refractivity contribution < 1.29 is 13.3 Å². The van der Waals surface area contributed by atoms with Crippen LogP contribution in [0.3, 0.4) is 0 Å². The first kappa shape index (κ1) is 9.94. The Morgan fingerprint density at radius 2 is 1.69 bits per heavy atom. The van der Waals surface area contributed by atoms with Crippen molar-refractivity contribution in [2.24, 2.45) is 0 Å². The summed E-state index contributed by atoms with van der Waals surface area (Å²) < 4.78 is 21.4. The molecule has 1 aromatic rings. The Morgan fingerprint density at radius 1 is 1.23 bits per heavy atom. The zero-order valence-corrected chi connectivity index (χ0v) is 7.75. The molecule has 0 N–H and O–H groups in total. The molecule has 7 heteroatoms. The minimum absolute atomic E-state index is 0.153. The lowest BCUT2D eigenvalue weighted by Crippen LogP contribution is -1.92. The molecule has 0 aliphatic rings. The second-order valence-electron chi connectivity index (χ2n) is 2.19. The van der Waals surface area contributed by atoms with E-state index in [0.717, 1.165) is 24.3 Å². The lowest BCUT2D eigenvalue weighted by molar-refractivity contribution is -0.384. The largest absolute Gasteiger partial charge is 0.269 e. The quantitative estimate of drug-likeness (QED) is 0.436. The molecule has 1 rings (SSSR count). The average molecular weight is 228 g/mol. The van der Waals surface area contributed by atoms with E-state index >= 15 is 0 Å². The minimum atomic E-state index is -3.80. The molecule has 0 saturated heterocycles. The van der Waals surface area contributed by atoms with E-state index < -0.39 is 14.0 Å². The summed E-state index contributed by atoms with van der Waals surface area (Å²) in [5.41, 5.74) is -0.177. The topological polar surface area (TPSA) is 77.3 Å². The standard InChI is InChI=1S/C6H4ClNO4S/c7-13(11,12)6-3-1-5(2-4-6)8(9)10/h1-4H/i1+1,2+1,3+1,4+1,5+1,6+1. The van der Waals surface area contributed by atoms with Gasteiger partial charge >= 0.3 is 0 Å². The van der Waals surface area contributed by atoms with Gasteiger partial charge in [0.15, 0.2) is 0 Å². The normalized spacial score (nSPS) is 11.2. The molecule has 0 fully saturated rings. The number of hydrogen-bond acceptors (Lipinski definition) is 4. The minimum Gasteiger partial charge on any atom is -0.258 e. The van der Waals surface area contributed by atoms with Crippen LogP contribution in [-0.2, 0) is 9.05 Å². The molecule has 0 spiro atoms. The van der Waals surface area contributed by atoms with Gasteiger partial charge in [0, 0.05) is 22.8 Å². The molecule has 5 nitrogen and oxygen atoms in total. The molecule has 0 bridgehead atoms. The Morgan fingerprint density at radius 3 is 2.00 bits per heavy atom. The zero-order valence-electron chi connectivity index (χ0n) is 6.18.